The Morgan fingerprint density at radius 1 is 1.36 bits per heavy atom. The standard InChI is InChI=1S/C18H23N3O3S/c1-11-6-7-14(9-12(11)2)17-20-21-18(24-17)25-13(3)16(22)19-10-15-5-4-8-23-15/h6-7,9,13,15H,4-5,8,10H2,1-3H3,(H,19,22)/t13-,15-/m1/s1. The van der Waals surface area contributed by atoms with E-state index in [2.05, 4.69) is 22.4 Å². The highest BCUT2D eigenvalue weighted by Crippen LogP contribution is 2.27. The van der Waals surface area contributed by atoms with Crippen LogP contribution in [-0.4, -0.2) is 40.6 Å². The Morgan fingerprint density at radius 2 is 2.20 bits per heavy atom. The third-order valence-corrected chi connectivity index (χ3v) is 5.27. The van der Waals surface area contributed by atoms with Crippen LogP contribution in [0.1, 0.15) is 30.9 Å². The second-order valence-electron chi connectivity index (χ2n) is 6.31. The monoisotopic (exact) mass is 361 g/mol. The van der Waals surface area contributed by atoms with Crippen LogP contribution in [0.15, 0.2) is 27.8 Å². The molecule has 1 aromatic heterocycles. The molecule has 0 saturated carbocycles. The minimum atomic E-state index is -0.311. The third-order valence-electron chi connectivity index (χ3n) is 4.34. The van der Waals surface area contributed by atoms with Crippen LogP contribution in [0.4, 0.5) is 0 Å². The van der Waals surface area contributed by atoms with Crippen LogP contribution in [0.25, 0.3) is 11.5 Å². The lowest BCUT2D eigenvalue weighted by molar-refractivity contribution is -0.120. The van der Waals surface area contributed by atoms with Crippen molar-refractivity contribution in [2.45, 2.75) is 50.2 Å². The number of aryl methyl sites for hydroxylation is 2. The van der Waals surface area contributed by atoms with Crippen molar-refractivity contribution in [1.82, 2.24) is 15.5 Å². The number of carbonyl (C=O) groups excluding carboxylic acids is 1. The molecule has 0 aliphatic carbocycles. The molecule has 0 bridgehead atoms. The van der Waals surface area contributed by atoms with Gasteiger partial charge in [0.25, 0.3) is 5.22 Å². The van der Waals surface area contributed by atoms with Gasteiger partial charge in [-0.25, -0.2) is 0 Å². The Hall–Kier alpha value is -1.86. The number of nitrogens with one attached hydrogen (secondary N) is 1. The Labute approximate surface area is 151 Å². The summed E-state index contributed by atoms with van der Waals surface area (Å²) in [4.78, 5) is 12.2. The van der Waals surface area contributed by atoms with Crippen molar-refractivity contribution < 1.29 is 13.9 Å². The lowest BCUT2D eigenvalue weighted by atomic mass is 10.1. The number of aromatic nitrogens is 2. The highest BCUT2D eigenvalue weighted by molar-refractivity contribution is 8.00. The summed E-state index contributed by atoms with van der Waals surface area (Å²) < 4.78 is 11.2. The maximum atomic E-state index is 12.2. The zero-order valence-corrected chi connectivity index (χ0v) is 15.6. The minimum absolute atomic E-state index is 0.0496. The fourth-order valence-corrected chi connectivity index (χ4v) is 3.32. The first-order valence-electron chi connectivity index (χ1n) is 8.50. The van der Waals surface area contributed by atoms with E-state index >= 15 is 0 Å². The van der Waals surface area contributed by atoms with E-state index in [1.165, 1.54) is 22.9 Å². The van der Waals surface area contributed by atoms with Crippen molar-refractivity contribution in [2.24, 2.45) is 0 Å². The van der Waals surface area contributed by atoms with Crippen molar-refractivity contribution in [2.75, 3.05) is 13.2 Å². The molecule has 1 amide bonds. The zero-order chi connectivity index (χ0) is 17.8. The van der Waals surface area contributed by atoms with Crippen molar-refractivity contribution >= 4 is 17.7 Å². The Kier molecular flexibility index (Phi) is 5.75. The molecule has 2 heterocycles. The fourth-order valence-electron chi connectivity index (χ4n) is 2.62. The summed E-state index contributed by atoms with van der Waals surface area (Å²) in [6, 6.07) is 6.01. The lowest BCUT2D eigenvalue weighted by Gasteiger charge is -2.13. The summed E-state index contributed by atoms with van der Waals surface area (Å²) in [5, 5.41) is 11.1. The van der Waals surface area contributed by atoms with E-state index in [4.69, 9.17) is 9.15 Å². The van der Waals surface area contributed by atoms with Gasteiger partial charge < -0.3 is 14.5 Å². The van der Waals surface area contributed by atoms with Gasteiger partial charge in [-0.2, -0.15) is 0 Å². The molecule has 1 saturated heterocycles. The summed E-state index contributed by atoms with van der Waals surface area (Å²) in [6.07, 6.45) is 2.21. The van der Waals surface area contributed by atoms with Gasteiger partial charge in [-0.3, -0.25) is 4.79 Å². The predicted molar refractivity (Wildman–Crippen MR) is 96.5 cm³/mol. The van der Waals surface area contributed by atoms with Gasteiger partial charge in [-0.1, -0.05) is 17.8 Å². The Bertz CT molecular complexity index is 741. The molecule has 2 aromatic rings. The topological polar surface area (TPSA) is 77.2 Å². The number of hydrogen-bond donors (Lipinski definition) is 1. The van der Waals surface area contributed by atoms with Gasteiger partial charge in [-0.05, 0) is 56.9 Å². The van der Waals surface area contributed by atoms with E-state index in [-0.39, 0.29) is 17.3 Å². The van der Waals surface area contributed by atoms with E-state index in [1.54, 1.807) is 0 Å². The lowest BCUT2D eigenvalue weighted by Crippen LogP contribution is -2.36. The molecule has 0 spiro atoms. The first kappa shape index (κ1) is 17.9. The number of nitrogens with zero attached hydrogens (tertiary/aromatic N) is 2. The molecule has 1 aliphatic rings. The maximum Gasteiger partial charge on any atom is 0.277 e. The summed E-state index contributed by atoms with van der Waals surface area (Å²) >= 11 is 1.26. The van der Waals surface area contributed by atoms with Crippen LogP contribution in [0, 0.1) is 13.8 Å². The summed E-state index contributed by atoms with van der Waals surface area (Å²) in [5.41, 5.74) is 3.28. The molecule has 1 N–H and O–H groups in total. The molecule has 1 aliphatic heterocycles. The molecule has 1 aromatic carbocycles. The molecule has 0 radical (unpaired) electrons. The molecular weight excluding hydrogens is 338 g/mol. The zero-order valence-electron chi connectivity index (χ0n) is 14.7. The molecule has 134 valence electrons. The molecule has 6 nitrogen and oxygen atoms in total. The van der Waals surface area contributed by atoms with Crippen LogP contribution in [0.5, 0.6) is 0 Å². The van der Waals surface area contributed by atoms with E-state index in [9.17, 15) is 4.79 Å². The van der Waals surface area contributed by atoms with Gasteiger partial charge in [-0.15, -0.1) is 10.2 Å². The second-order valence-corrected chi connectivity index (χ2v) is 7.60. The average molecular weight is 361 g/mol. The number of amides is 1. The molecule has 2 atom stereocenters. The Morgan fingerprint density at radius 3 is 2.92 bits per heavy atom. The van der Waals surface area contributed by atoms with Crippen molar-refractivity contribution in [1.29, 1.82) is 0 Å². The van der Waals surface area contributed by atoms with E-state index in [1.807, 2.05) is 32.0 Å². The summed E-state index contributed by atoms with van der Waals surface area (Å²) in [7, 11) is 0. The highest BCUT2D eigenvalue weighted by Gasteiger charge is 2.21. The molecule has 0 unspecified atom stereocenters. The average Bonchev–Trinajstić information content (AvgIpc) is 3.27. The molecule has 25 heavy (non-hydrogen) atoms. The van der Waals surface area contributed by atoms with Crippen molar-refractivity contribution in [3.05, 3.63) is 29.3 Å². The number of benzene rings is 1. The van der Waals surface area contributed by atoms with Gasteiger partial charge in [0.2, 0.25) is 11.8 Å². The third kappa shape index (κ3) is 4.61. The molecule has 7 heteroatoms. The van der Waals surface area contributed by atoms with E-state index in [0.717, 1.165) is 25.0 Å². The number of carbonyl (C=O) groups is 1. The van der Waals surface area contributed by atoms with E-state index in [0.29, 0.717) is 17.7 Å². The fraction of sp³-hybridized carbons (Fsp3) is 0.500. The van der Waals surface area contributed by atoms with Crippen molar-refractivity contribution in [3.8, 4) is 11.5 Å². The first-order chi connectivity index (χ1) is 12.0. The maximum absolute atomic E-state index is 12.2. The van der Waals surface area contributed by atoms with Crippen LogP contribution >= 0.6 is 11.8 Å². The van der Waals surface area contributed by atoms with E-state index < -0.39 is 0 Å². The van der Waals surface area contributed by atoms with Gasteiger partial charge in [0.15, 0.2) is 0 Å². The van der Waals surface area contributed by atoms with Crippen LogP contribution < -0.4 is 5.32 Å². The number of rotatable bonds is 6. The Balaban J connectivity index is 1.56. The van der Waals surface area contributed by atoms with Gasteiger partial charge in [0.1, 0.15) is 0 Å². The van der Waals surface area contributed by atoms with Crippen molar-refractivity contribution in [3.63, 3.8) is 0 Å². The smallest absolute Gasteiger partial charge is 0.277 e. The first-order valence-corrected chi connectivity index (χ1v) is 9.38. The predicted octanol–water partition coefficient (Wildman–Crippen LogP) is 3.13. The number of thioether (sulfide) groups is 1. The van der Waals surface area contributed by atoms with Gasteiger partial charge in [0.05, 0.1) is 11.4 Å². The number of hydrogen-bond acceptors (Lipinski definition) is 6. The van der Waals surface area contributed by atoms with Crippen LogP contribution in [0.2, 0.25) is 0 Å². The minimum Gasteiger partial charge on any atom is -0.411 e. The number of ether oxygens (including phenoxy) is 1. The summed E-state index contributed by atoms with van der Waals surface area (Å²) in [6.45, 7) is 7.28. The van der Waals surface area contributed by atoms with Crippen LogP contribution in [-0.2, 0) is 9.53 Å². The SMILES string of the molecule is Cc1ccc(-c2nnc(S[C@H](C)C(=O)NC[C@H]3CCCO3)o2)cc1C. The molecule has 3 rings (SSSR count). The van der Waals surface area contributed by atoms with Gasteiger partial charge in [0, 0.05) is 18.7 Å². The quantitative estimate of drug-likeness (QED) is 0.797. The largest absolute Gasteiger partial charge is 0.411 e. The van der Waals surface area contributed by atoms with Crippen LogP contribution in [0.3, 0.4) is 0 Å². The van der Waals surface area contributed by atoms with Gasteiger partial charge >= 0.3 is 0 Å². The molecular formula is C18H23N3O3S. The normalized spacial score (nSPS) is 18.3. The molecule has 1 fully saturated rings. The highest BCUT2D eigenvalue weighted by atomic mass is 32.2. The summed E-state index contributed by atoms with van der Waals surface area (Å²) in [5.74, 6) is 0.420. The second kappa shape index (κ2) is 8.01.